The molecule has 0 heterocycles. The molecule has 1 N–H and O–H groups in total. The molecule has 0 spiro atoms. The highest BCUT2D eigenvalue weighted by molar-refractivity contribution is 5.14. The number of rotatable bonds is 9. The van der Waals surface area contributed by atoms with Gasteiger partial charge in [0.05, 0.1) is 0 Å². The summed E-state index contributed by atoms with van der Waals surface area (Å²) < 4.78 is 0. The molecule has 0 radical (unpaired) electrons. The van der Waals surface area contributed by atoms with Crippen molar-refractivity contribution in [1.29, 1.82) is 0 Å². The summed E-state index contributed by atoms with van der Waals surface area (Å²) in [6.45, 7) is 3.49. The molecule has 2 nitrogen and oxygen atoms in total. The van der Waals surface area contributed by atoms with Gasteiger partial charge in [-0.05, 0) is 51.3 Å². The van der Waals surface area contributed by atoms with Crippen molar-refractivity contribution >= 4 is 0 Å². The predicted octanol–water partition coefficient (Wildman–Crippen LogP) is 3.47. The van der Waals surface area contributed by atoms with Crippen LogP contribution in [-0.2, 0) is 6.42 Å². The third-order valence-corrected chi connectivity index (χ3v) is 4.50. The molecule has 1 aliphatic carbocycles. The van der Waals surface area contributed by atoms with Gasteiger partial charge in [0.2, 0.25) is 0 Å². The topological polar surface area (TPSA) is 15.3 Å². The molecule has 0 amide bonds. The lowest BCUT2D eigenvalue weighted by atomic mass is 10.1. The van der Waals surface area contributed by atoms with Gasteiger partial charge in [-0.1, -0.05) is 43.2 Å². The molecule has 0 saturated heterocycles. The van der Waals surface area contributed by atoms with E-state index in [1.807, 2.05) is 0 Å². The first-order valence-corrected chi connectivity index (χ1v) is 8.31. The van der Waals surface area contributed by atoms with E-state index in [1.165, 1.54) is 57.1 Å². The summed E-state index contributed by atoms with van der Waals surface area (Å²) in [5.41, 5.74) is 1.47. The quantitative estimate of drug-likeness (QED) is 0.694. The monoisotopic (exact) mass is 274 g/mol. The van der Waals surface area contributed by atoms with E-state index in [0.29, 0.717) is 0 Å². The summed E-state index contributed by atoms with van der Waals surface area (Å²) in [5, 5.41) is 3.58. The molecule has 2 heteroatoms. The molecule has 1 aromatic rings. The third-order valence-electron chi connectivity index (χ3n) is 4.50. The number of hydrogen-bond acceptors (Lipinski definition) is 2. The van der Waals surface area contributed by atoms with Crippen molar-refractivity contribution in [3.05, 3.63) is 35.9 Å². The van der Waals surface area contributed by atoms with E-state index in [2.05, 4.69) is 47.6 Å². The molecular weight excluding hydrogens is 244 g/mol. The van der Waals surface area contributed by atoms with Crippen molar-refractivity contribution in [3.8, 4) is 0 Å². The third kappa shape index (κ3) is 5.64. The summed E-state index contributed by atoms with van der Waals surface area (Å²) in [6, 6.07) is 11.7. The van der Waals surface area contributed by atoms with Gasteiger partial charge in [0.1, 0.15) is 0 Å². The Morgan fingerprint density at radius 1 is 1.05 bits per heavy atom. The van der Waals surface area contributed by atoms with Crippen LogP contribution in [0.15, 0.2) is 30.3 Å². The van der Waals surface area contributed by atoms with Crippen molar-refractivity contribution in [3.63, 3.8) is 0 Å². The Morgan fingerprint density at radius 3 is 2.55 bits per heavy atom. The van der Waals surface area contributed by atoms with Gasteiger partial charge in [-0.3, -0.25) is 0 Å². The minimum atomic E-state index is 0.856. The number of nitrogens with zero attached hydrogens (tertiary/aromatic N) is 1. The number of likely N-dealkylation sites (N-methyl/N-ethyl adjacent to an activating group) is 1. The molecule has 1 fully saturated rings. The normalized spacial score (nSPS) is 16.1. The standard InChI is InChI=1S/C18H30N2/c1-20(18-12-5-6-13-18)16-15-19-14-8-7-11-17-9-3-2-4-10-17/h2-4,9-10,18-19H,5-8,11-16H2,1H3. The molecule has 0 aromatic heterocycles. The lowest BCUT2D eigenvalue weighted by Crippen LogP contribution is -2.35. The van der Waals surface area contributed by atoms with Crippen LogP contribution in [0, 0.1) is 0 Å². The molecule has 0 unspecified atom stereocenters. The second-order valence-electron chi connectivity index (χ2n) is 6.11. The van der Waals surface area contributed by atoms with Gasteiger partial charge in [-0.25, -0.2) is 0 Å². The highest BCUT2D eigenvalue weighted by atomic mass is 15.1. The van der Waals surface area contributed by atoms with Crippen molar-refractivity contribution in [1.82, 2.24) is 10.2 Å². The lowest BCUT2D eigenvalue weighted by molar-refractivity contribution is 0.245. The van der Waals surface area contributed by atoms with Gasteiger partial charge in [0.25, 0.3) is 0 Å². The van der Waals surface area contributed by atoms with Crippen molar-refractivity contribution in [2.24, 2.45) is 0 Å². The summed E-state index contributed by atoms with van der Waals surface area (Å²) in [4.78, 5) is 2.55. The zero-order chi connectivity index (χ0) is 14.0. The highest BCUT2D eigenvalue weighted by Crippen LogP contribution is 2.21. The Kier molecular flexibility index (Phi) is 7.10. The van der Waals surface area contributed by atoms with Gasteiger partial charge < -0.3 is 10.2 Å². The fourth-order valence-corrected chi connectivity index (χ4v) is 3.13. The fraction of sp³-hybridized carbons (Fsp3) is 0.667. The number of nitrogens with one attached hydrogen (secondary N) is 1. The van der Waals surface area contributed by atoms with Crippen molar-refractivity contribution < 1.29 is 0 Å². The first kappa shape index (κ1) is 15.5. The Labute approximate surface area is 124 Å². The summed E-state index contributed by atoms with van der Waals surface area (Å²) in [5.74, 6) is 0. The molecule has 0 atom stereocenters. The molecule has 20 heavy (non-hydrogen) atoms. The average Bonchev–Trinajstić information content (AvgIpc) is 3.01. The minimum Gasteiger partial charge on any atom is -0.315 e. The van der Waals surface area contributed by atoms with Gasteiger partial charge in [-0.15, -0.1) is 0 Å². The summed E-state index contributed by atoms with van der Waals surface area (Å²) >= 11 is 0. The van der Waals surface area contributed by atoms with Gasteiger partial charge in [0.15, 0.2) is 0 Å². The first-order valence-electron chi connectivity index (χ1n) is 8.31. The Morgan fingerprint density at radius 2 is 1.80 bits per heavy atom. The molecule has 1 aromatic carbocycles. The molecule has 112 valence electrons. The Balaban J connectivity index is 1.43. The zero-order valence-corrected chi connectivity index (χ0v) is 13.0. The van der Waals surface area contributed by atoms with Crippen LogP contribution in [0.4, 0.5) is 0 Å². The Bertz CT molecular complexity index is 344. The predicted molar refractivity (Wildman–Crippen MR) is 87.1 cm³/mol. The molecule has 0 bridgehead atoms. The minimum absolute atomic E-state index is 0.856. The van der Waals surface area contributed by atoms with Gasteiger partial charge >= 0.3 is 0 Å². The smallest absolute Gasteiger partial charge is 0.0107 e. The number of hydrogen-bond donors (Lipinski definition) is 1. The average molecular weight is 274 g/mol. The van der Waals surface area contributed by atoms with E-state index >= 15 is 0 Å². The molecule has 1 aliphatic rings. The number of benzene rings is 1. The highest BCUT2D eigenvalue weighted by Gasteiger charge is 2.18. The lowest BCUT2D eigenvalue weighted by Gasteiger charge is -2.23. The van der Waals surface area contributed by atoms with Crippen LogP contribution >= 0.6 is 0 Å². The van der Waals surface area contributed by atoms with E-state index in [4.69, 9.17) is 0 Å². The zero-order valence-electron chi connectivity index (χ0n) is 13.0. The second-order valence-corrected chi connectivity index (χ2v) is 6.11. The number of unbranched alkanes of at least 4 members (excludes halogenated alkanes) is 1. The second kappa shape index (κ2) is 9.15. The SMILES string of the molecule is CN(CCNCCCCc1ccccc1)C1CCCC1. The number of aryl methyl sites for hydroxylation is 1. The van der Waals surface area contributed by atoms with E-state index in [9.17, 15) is 0 Å². The van der Waals surface area contributed by atoms with Crippen LogP contribution in [0.3, 0.4) is 0 Å². The van der Waals surface area contributed by atoms with Crippen LogP contribution in [0.5, 0.6) is 0 Å². The molecular formula is C18H30N2. The maximum Gasteiger partial charge on any atom is 0.0107 e. The van der Waals surface area contributed by atoms with E-state index in [-0.39, 0.29) is 0 Å². The van der Waals surface area contributed by atoms with Crippen molar-refractivity contribution in [2.75, 3.05) is 26.7 Å². The molecule has 0 aliphatic heterocycles. The van der Waals surface area contributed by atoms with Crippen LogP contribution < -0.4 is 5.32 Å². The largest absolute Gasteiger partial charge is 0.315 e. The van der Waals surface area contributed by atoms with E-state index in [0.717, 1.165) is 19.1 Å². The van der Waals surface area contributed by atoms with Gasteiger partial charge in [-0.2, -0.15) is 0 Å². The van der Waals surface area contributed by atoms with Crippen LogP contribution in [0.2, 0.25) is 0 Å². The molecule has 1 saturated carbocycles. The maximum atomic E-state index is 3.58. The summed E-state index contributed by atoms with van der Waals surface area (Å²) in [7, 11) is 2.28. The summed E-state index contributed by atoms with van der Waals surface area (Å²) in [6.07, 6.45) is 9.47. The van der Waals surface area contributed by atoms with E-state index in [1.54, 1.807) is 0 Å². The molecule has 2 rings (SSSR count). The fourth-order valence-electron chi connectivity index (χ4n) is 3.13. The van der Waals surface area contributed by atoms with Crippen LogP contribution in [0.25, 0.3) is 0 Å². The van der Waals surface area contributed by atoms with Crippen molar-refractivity contribution in [2.45, 2.75) is 51.0 Å². The van der Waals surface area contributed by atoms with Crippen LogP contribution in [-0.4, -0.2) is 37.6 Å². The maximum absolute atomic E-state index is 3.58. The van der Waals surface area contributed by atoms with E-state index < -0.39 is 0 Å². The van der Waals surface area contributed by atoms with Gasteiger partial charge in [0, 0.05) is 19.1 Å². The first-order chi connectivity index (χ1) is 9.86. The van der Waals surface area contributed by atoms with Crippen LogP contribution in [0.1, 0.15) is 44.1 Å². The Hall–Kier alpha value is -0.860.